The van der Waals surface area contributed by atoms with Gasteiger partial charge in [-0.15, -0.1) is 11.3 Å². The standard InChI is InChI=1S/C14H17N3O2S/c1-7(2)11(12(15)18)17-6-16-13-10(14(17)19)8-4-3-5-9(8)20-13/h6-7,11H,3-5H2,1-2H3,(H2,15,18). The average molecular weight is 291 g/mol. The molecule has 3 rings (SSSR count). The van der Waals surface area contributed by atoms with E-state index in [0.29, 0.717) is 5.39 Å². The van der Waals surface area contributed by atoms with Crippen LogP contribution in [0, 0.1) is 5.92 Å². The maximum absolute atomic E-state index is 12.7. The van der Waals surface area contributed by atoms with Crippen molar-refractivity contribution in [3.05, 3.63) is 27.1 Å². The minimum absolute atomic E-state index is 0.0452. The lowest BCUT2D eigenvalue weighted by Crippen LogP contribution is -2.37. The van der Waals surface area contributed by atoms with Gasteiger partial charge in [0.05, 0.1) is 11.7 Å². The molecule has 1 unspecified atom stereocenters. The van der Waals surface area contributed by atoms with E-state index in [-0.39, 0.29) is 11.5 Å². The highest BCUT2D eigenvalue weighted by Gasteiger charge is 2.26. The van der Waals surface area contributed by atoms with E-state index in [1.165, 1.54) is 15.8 Å². The zero-order valence-corrected chi connectivity index (χ0v) is 12.4. The van der Waals surface area contributed by atoms with Gasteiger partial charge in [0.1, 0.15) is 10.9 Å². The molecular formula is C14H17N3O2S. The lowest BCUT2D eigenvalue weighted by atomic mass is 10.0. The summed E-state index contributed by atoms with van der Waals surface area (Å²) in [6, 6.07) is -0.642. The topological polar surface area (TPSA) is 78.0 Å². The van der Waals surface area contributed by atoms with Gasteiger partial charge in [-0.2, -0.15) is 0 Å². The number of carbonyl (C=O) groups excluding carboxylic acids is 1. The van der Waals surface area contributed by atoms with Crippen molar-refractivity contribution in [1.29, 1.82) is 0 Å². The van der Waals surface area contributed by atoms with Crippen molar-refractivity contribution in [1.82, 2.24) is 9.55 Å². The molecule has 2 heterocycles. The Morgan fingerprint density at radius 1 is 1.45 bits per heavy atom. The Bertz CT molecular complexity index is 745. The number of nitrogens with zero attached hydrogens (tertiary/aromatic N) is 2. The molecule has 1 atom stereocenters. The van der Waals surface area contributed by atoms with E-state index in [4.69, 9.17) is 5.73 Å². The second-order valence-corrected chi connectivity index (χ2v) is 6.67. The molecule has 2 aromatic rings. The van der Waals surface area contributed by atoms with Crippen LogP contribution in [0.5, 0.6) is 0 Å². The highest BCUT2D eigenvalue weighted by atomic mass is 32.1. The molecule has 1 amide bonds. The molecule has 0 saturated carbocycles. The van der Waals surface area contributed by atoms with E-state index in [2.05, 4.69) is 4.98 Å². The number of primary amides is 1. The number of thiophene rings is 1. The fourth-order valence-electron chi connectivity index (χ4n) is 2.98. The number of fused-ring (bicyclic) bond motifs is 3. The number of aromatic nitrogens is 2. The summed E-state index contributed by atoms with van der Waals surface area (Å²) in [5.41, 5.74) is 6.44. The molecule has 2 aromatic heterocycles. The first-order valence-electron chi connectivity index (χ1n) is 6.81. The van der Waals surface area contributed by atoms with Gasteiger partial charge in [-0.3, -0.25) is 14.2 Å². The second kappa shape index (κ2) is 4.70. The largest absolute Gasteiger partial charge is 0.368 e. The van der Waals surface area contributed by atoms with Crippen LogP contribution in [-0.2, 0) is 17.6 Å². The zero-order chi connectivity index (χ0) is 14.4. The van der Waals surface area contributed by atoms with E-state index in [9.17, 15) is 9.59 Å². The van der Waals surface area contributed by atoms with Crippen LogP contribution in [-0.4, -0.2) is 15.5 Å². The summed E-state index contributed by atoms with van der Waals surface area (Å²) < 4.78 is 1.40. The fourth-order valence-corrected chi connectivity index (χ4v) is 4.20. The third-order valence-corrected chi connectivity index (χ3v) is 5.07. The first-order valence-corrected chi connectivity index (χ1v) is 7.63. The van der Waals surface area contributed by atoms with Crippen LogP contribution in [0.2, 0.25) is 0 Å². The minimum Gasteiger partial charge on any atom is -0.368 e. The first kappa shape index (κ1) is 13.3. The molecule has 0 aromatic carbocycles. The molecule has 0 radical (unpaired) electrons. The predicted octanol–water partition coefficient (Wildman–Crippen LogP) is 1.63. The van der Waals surface area contributed by atoms with Gasteiger partial charge in [0.25, 0.3) is 5.56 Å². The van der Waals surface area contributed by atoms with Crippen LogP contribution in [0.25, 0.3) is 10.2 Å². The third kappa shape index (κ3) is 1.86. The van der Waals surface area contributed by atoms with Crippen LogP contribution in [0.3, 0.4) is 0 Å². The Kier molecular flexibility index (Phi) is 3.12. The monoisotopic (exact) mass is 291 g/mol. The summed E-state index contributed by atoms with van der Waals surface area (Å²) in [5, 5.41) is 0.692. The SMILES string of the molecule is CC(C)C(C(N)=O)n1cnc2sc3c(c2c1=O)CCC3. The Hall–Kier alpha value is -1.69. The average Bonchev–Trinajstić information content (AvgIpc) is 2.91. The normalized spacial score (nSPS) is 15.8. The molecule has 1 aliphatic carbocycles. The van der Waals surface area contributed by atoms with E-state index in [1.807, 2.05) is 13.8 Å². The molecule has 0 fully saturated rings. The van der Waals surface area contributed by atoms with Crippen LogP contribution in [0.15, 0.2) is 11.1 Å². The van der Waals surface area contributed by atoms with Crippen LogP contribution < -0.4 is 11.3 Å². The molecular weight excluding hydrogens is 274 g/mol. The summed E-state index contributed by atoms with van der Waals surface area (Å²) >= 11 is 1.60. The highest BCUT2D eigenvalue weighted by Crippen LogP contribution is 2.34. The van der Waals surface area contributed by atoms with E-state index >= 15 is 0 Å². The lowest BCUT2D eigenvalue weighted by molar-refractivity contribution is -0.122. The number of amides is 1. The molecule has 0 aliphatic heterocycles. The molecule has 1 aliphatic rings. The summed E-state index contributed by atoms with van der Waals surface area (Å²) in [5.74, 6) is -0.536. The van der Waals surface area contributed by atoms with Crippen molar-refractivity contribution in [2.24, 2.45) is 11.7 Å². The van der Waals surface area contributed by atoms with Crippen molar-refractivity contribution >= 4 is 27.5 Å². The number of hydrogen-bond acceptors (Lipinski definition) is 4. The Balaban J connectivity index is 2.25. The van der Waals surface area contributed by atoms with Crippen LogP contribution >= 0.6 is 11.3 Å². The van der Waals surface area contributed by atoms with E-state index in [0.717, 1.165) is 29.7 Å². The molecule has 2 N–H and O–H groups in total. The Morgan fingerprint density at radius 2 is 2.20 bits per heavy atom. The first-order chi connectivity index (χ1) is 9.50. The molecule has 6 heteroatoms. The maximum atomic E-state index is 12.7. The third-order valence-electron chi connectivity index (χ3n) is 3.87. The van der Waals surface area contributed by atoms with Crippen molar-refractivity contribution < 1.29 is 4.79 Å². The quantitative estimate of drug-likeness (QED) is 0.933. The van der Waals surface area contributed by atoms with Gasteiger partial charge < -0.3 is 5.73 Å². The lowest BCUT2D eigenvalue weighted by Gasteiger charge is -2.19. The van der Waals surface area contributed by atoms with Crippen molar-refractivity contribution in [3.63, 3.8) is 0 Å². The van der Waals surface area contributed by atoms with E-state index < -0.39 is 11.9 Å². The van der Waals surface area contributed by atoms with Crippen molar-refractivity contribution in [3.8, 4) is 0 Å². The minimum atomic E-state index is -0.642. The van der Waals surface area contributed by atoms with Gasteiger partial charge in [-0.1, -0.05) is 13.8 Å². The number of carbonyl (C=O) groups is 1. The maximum Gasteiger partial charge on any atom is 0.263 e. The smallest absolute Gasteiger partial charge is 0.263 e. The van der Waals surface area contributed by atoms with Gasteiger partial charge in [-0.05, 0) is 30.7 Å². The summed E-state index contributed by atoms with van der Waals surface area (Å²) in [6.45, 7) is 3.76. The number of nitrogens with two attached hydrogens (primary N) is 1. The fraction of sp³-hybridized carbons (Fsp3) is 0.500. The molecule has 106 valence electrons. The second-order valence-electron chi connectivity index (χ2n) is 5.59. The van der Waals surface area contributed by atoms with Gasteiger partial charge in [0.15, 0.2) is 0 Å². The van der Waals surface area contributed by atoms with Gasteiger partial charge >= 0.3 is 0 Å². The van der Waals surface area contributed by atoms with E-state index in [1.54, 1.807) is 11.3 Å². The van der Waals surface area contributed by atoms with Crippen molar-refractivity contribution in [2.45, 2.75) is 39.2 Å². The van der Waals surface area contributed by atoms with Crippen LogP contribution in [0.1, 0.15) is 36.8 Å². The van der Waals surface area contributed by atoms with Gasteiger partial charge in [0.2, 0.25) is 5.91 Å². The van der Waals surface area contributed by atoms with Gasteiger partial charge in [-0.25, -0.2) is 4.98 Å². The van der Waals surface area contributed by atoms with Crippen LogP contribution in [0.4, 0.5) is 0 Å². The highest BCUT2D eigenvalue weighted by molar-refractivity contribution is 7.18. The number of hydrogen-bond donors (Lipinski definition) is 1. The Morgan fingerprint density at radius 3 is 2.85 bits per heavy atom. The van der Waals surface area contributed by atoms with Gasteiger partial charge in [0, 0.05) is 4.88 Å². The predicted molar refractivity (Wildman–Crippen MR) is 79.0 cm³/mol. The summed E-state index contributed by atoms with van der Waals surface area (Å²) in [6.07, 6.45) is 4.51. The summed E-state index contributed by atoms with van der Waals surface area (Å²) in [4.78, 5) is 30.8. The molecule has 0 spiro atoms. The number of rotatable bonds is 3. The molecule has 0 bridgehead atoms. The zero-order valence-electron chi connectivity index (χ0n) is 11.5. The molecule has 20 heavy (non-hydrogen) atoms. The van der Waals surface area contributed by atoms with Crippen molar-refractivity contribution in [2.75, 3.05) is 0 Å². The number of aryl methyl sites for hydroxylation is 2. The summed E-state index contributed by atoms with van der Waals surface area (Å²) in [7, 11) is 0. The Labute approximate surface area is 120 Å². The molecule has 5 nitrogen and oxygen atoms in total. The molecule has 0 saturated heterocycles.